The Morgan fingerprint density at radius 2 is 1.90 bits per heavy atom. The number of nitrogens with zero attached hydrogens (tertiary/aromatic N) is 1. The molecule has 0 amide bonds. The smallest absolute Gasteiger partial charge is 0.364 e. The number of para-hydroxylation sites is 1. The lowest BCUT2D eigenvalue weighted by molar-refractivity contribution is 0.0725. The van der Waals surface area contributed by atoms with Gasteiger partial charge in [0.2, 0.25) is 0 Å². The third-order valence-electron chi connectivity index (χ3n) is 2.91. The number of rotatable bonds is 2. The summed E-state index contributed by atoms with van der Waals surface area (Å²) < 4.78 is 5.10. The third kappa shape index (κ3) is 2.34. The van der Waals surface area contributed by atoms with Crippen molar-refractivity contribution >= 4 is 16.9 Å². The minimum Gasteiger partial charge on any atom is -0.505 e. The summed E-state index contributed by atoms with van der Waals surface area (Å²) >= 11 is 0. The van der Waals surface area contributed by atoms with Crippen LogP contribution in [0.4, 0.5) is 0 Å². The lowest BCUT2D eigenvalue weighted by Gasteiger charge is -2.07. The Hall–Kier alpha value is -3.15. The van der Waals surface area contributed by atoms with Crippen LogP contribution in [0, 0.1) is 0 Å². The van der Waals surface area contributed by atoms with E-state index in [4.69, 9.17) is 4.74 Å². The molecule has 0 aliphatic heterocycles. The van der Waals surface area contributed by atoms with E-state index in [1.807, 2.05) is 0 Å². The first kappa shape index (κ1) is 12.9. The molecule has 3 rings (SSSR count). The molecular weight excluding hydrogens is 272 g/mol. The van der Waals surface area contributed by atoms with Gasteiger partial charge in [0.1, 0.15) is 11.3 Å². The SMILES string of the molecule is O=C(Oc1ccccc1)c1[nH]c(=O)c2ncccc2c1O. The van der Waals surface area contributed by atoms with Crippen molar-refractivity contribution in [1.29, 1.82) is 0 Å². The lowest BCUT2D eigenvalue weighted by Crippen LogP contribution is -2.18. The van der Waals surface area contributed by atoms with Gasteiger partial charge in [0.15, 0.2) is 11.4 Å². The zero-order valence-corrected chi connectivity index (χ0v) is 10.7. The van der Waals surface area contributed by atoms with Crippen molar-refractivity contribution < 1.29 is 14.6 Å². The van der Waals surface area contributed by atoms with Crippen LogP contribution in [-0.4, -0.2) is 21.0 Å². The van der Waals surface area contributed by atoms with Gasteiger partial charge in [-0.15, -0.1) is 0 Å². The number of aromatic amines is 1. The topological polar surface area (TPSA) is 92.3 Å². The standard InChI is InChI=1S/C15H10N2O4/c18-13-10-7-4-8-16-11(10)14(19)17-12(13)15(20)21-9-5-2-1-3-6-9/h1-8,18H,(H,17,19). The van der Waals surface area contributed by atoms with Crippen LogP contribution in [0.2, 0.25) is 0 Å². The first-order chi connectivity index (χ1) is 10.2. The van der Waals surface area contributed by atoms with Crippen LogP contribution in [-0.2, 0) is 0 Å². The van der Waals surface area contributed by atoms with Gasteiger partial charge in [-0.05, 0) is 24.3 Å². The summed E-state index contributed by atoms with van der Waals surface area (Å²) in [6.45, 7) is 0. The molecule has 0 spiro atoms. The van der Waals surface area contributed by atoms with Gasteiger partial charge < -0.3 is 14.8 Å². The van der Waals surface area contributed by atoms with Gasteiger partial charge in [0.25, 0.3) is 5.56 Å². The number of hydrogen-bond acceptors (Lipinski definition) is 5. The Balaban J connectivity index is 2.07. The highest BCUT2D eigenvalue weighted by Gasteiger charge is 2.19. The van der Waals surface area contributed by atoms with Crippen LogP contribution in [0.1, 0.15) is 10.5 Å². The molecule has 0 bridgehead atoms. The Morgan fingerprint density at radius 1 is 1.14 bits per heavy atom. The summed E-state index contributed by atoms with van der Waals surface area (Å²) in [4.78, 5) is 30.1. The second kappa shape index (κ2) is 5.09. The van der Waals surface area contributed by atoms with E-state index in [1.54, 1.807) is 36.4 Å². The molecule has 0 aliphatic carbocycles. The molecular formula is C15H10N2O4. The van der Waals surface area contributed by atoms with Gasteiger partial charge in [0, 0.05) is 6.20 Å². The second-order valence-corrected chi connectivity index (χ2v) is 4.28. The van der Waals surface area contributed by atoms with E-state index in [9.17, 15) is 14.7 Å². The second-order valence-electron chi connectivity index (χ2n) is 4.28. The van der Waals surface area contributed by atoms with E-state index in [0.29, 0.717) is 5.75 Å². The monoisotopic (exact) mass is 282 g/mol. The summed E-state index contributed by atoms with van der Waals surface area (Å²) in [5, 5.41) is 10.3. The number of ether oxygens (including phenoxy) is 1. The van der Waals surface area contributed by atoms with Gasteiger partial charge in [0.05, 0.1) is 5.39 Å². The molecule has 2 heterocycles. The van der Waals surface area contributed by atoms with Crippen LogP contribution in [0.15, 0.2) is 53.5 Å². The van der Waals surface area contributed by atoms with E-state index in [1.165, 1.54) is 12.3 Å². The minimum atomic E-state index is -0.846. The molecule has 0 atom stereocenters. The Morgan fingerprint density at radius 3 is 2.67 bits per heavy atom. The first-order valence-electron chi connectivity index (χ1n) is 6.14. The van der Waals surface area contributed by atoms with Crippen LogP contribution in [0.25, 0.3) is 10.9 Å². The molecule has 21 heavy (non-hydrogen) atoms. The number of hydrogen-bond donors (Lipinski definition) is 2. The van der Waals surface area contributed by atoms with E-state index >= 15 is 0 Å². The van der Waals surface area contributed by atoms with Gasteiger partial charge in [-0.25, -0.2) is 4.79 Å². The van der Waals surface area contributed by atoms with E-state index in [2.05, 4.69) is 9.97 Å². The van der Waals surface area contributed by atoms with Crippen molar-refractivity contribution in [1.82, 2.24) is 9.97 Å². The van der Waals surface area contributed by atoms with Crippen molar-refractivity contribution in [2.75, 3.05) is 0 Å². The van der Waals surface area contributed by atoms with Gasteiger partial charge in [-0.3, -0.25) is 9.78 Å². The first-order valence-corrected chi connectivity index (χ1v) is 6.14. The summed E-state index contributed by atoms with van der Waals surface area (Å²) in [6.07, 6.45) is 1.43. The number of H-pyrrole nitrogens is 1. The fourth-order valence-electron chi connectivity index (χ4n) is 1.94. The highest BCUT2D eigenvalue weighted by molar-refractivity contribution is 5.98. The molecule has 1 aromatic carbocycles. The fourth-order valence-corrected chi connectivity index (χ4v) is 1.94. The highest BCUT2D eigenvalue weighted by atomic mass is 16.5. The number of nitrogens with one attached hydrogen (secondary N) is 1. The summed E-state index contributed by atoms with van der Waals surface area (Å²) in [5.74, 6) is -0.894. The molecule has 0 unspecified atom stereocenters. The van der Waals surface area contributed by atoms with E-state index in [-0.39, 0.29) is 22.3 Å². The Kier molecular flexibility index (Phi) is 3.12. The van der Waals surface area contributed by atoms with Crippen LogP contribution in [0.3, 0.4) is 0 Å². The van der Waals surface area contributed by atoms with Gasteiger partial charge in [-0.1, -0.05) is 18.2 Å². The Labute approximate surface area is 118 Å². The quantitative estimate of drug-likeness (QED) is 0.552. The summed E-state index contributed by atoms with van der Waals surface area (Å²) in [5.41, 5.74) is -0.806. The van der Waals surface area contributed by atoms with E-state index in [0.717, 1.165) is 0 Å². The zero-order chi connectivity index (χ0) is 14.8. The molecule has 0 radical (unpaired) electrons. The molecule has 0 fully saturated rings. The minimum absolute atomic E-state index is 0.0614. The molecule has 0 saturated heterocycles. The summed E-state index contributed by atoms with van der Waals surface area (Å²) in [6, 6.07) is 11.4. The van der Waals surface area contributed by atoms with Crippen LogP contribution >= 0.6 is 0 Å². The van der Waals surface area contributed by atoms with Crippen molar-refractivity contribution in [3.05, 3.63) is 64.7 Å². The number of benzene rings is 1. The van der Waals surface area contributed by atoms with Crippen LogP contribution < -0.4 is 10.3 Å². The number of carbonyl (C=O) groups excluding carboxylic acids is 1. The maximum Gasteiger partial charge on any atom is 0.364 e. The van der Waals surface area contributed by atoms with Gasteiger partial charge in [-0.2, -0.15) is 0 Å². The molecule has 104 valence electrons. The molecule has 3 aromatic rings. The number of aromatic nitrogens is 2. The molecule has 6 nitrogen and oxygen atoms in total. The maximum absolute atomic E-state index is 12.1. The number of aromatic hydroxyl groups is 1. The maximum atomic E-state index is 12.1. The van der Waals surface area contributed by atoms with Crippen molar-refractivity contribution in [3.8, 4) is 11.5 Å². The van der Waals surface area contributed by atoms with Crippen molar-refractivity contribution in [2.45, 2.75) is 0 Å². The molecule has 6 heteroatoms. The zero-order valence-electron chi connectivity index (χ0n) is 10.7. The summed E-state index contributed by atoms with van der Waals surface area (Å²) in [7, 11) is 0. The van der Waals surface area contributed by atoms with Crippen molar-refractivity contribution in [3.63, 3.8) is 0 Å². The normalized spacial score (nSPS) is 10.5. The third-order valence-corrected chi connectivity index (χ3v) is 2.91. The number of pyridine rings is 2. The molecule has 0 saturated carbocycles. The molecule has 2 aromatic heterocycles. The largest absolute Gasteiger partial charge is 0.505 e. The number of esters is 1. The van der Waals surface area contributed by atoms with Gasteiger partial charge >= 0.3 is 5.97 Å². The Bertz CT molecular complexity index is 872. The number of fused-ring (bicyclic) bond motifs is 1. The average Bonchev–Trinajstić information content (AvgIpc) is 2.52. The molecule has 0 aliphatic rings. The molecule has 2 N–H and O–H groups in total. The fraction of sp³-hybridized carbons (Fsp3) is 0. The number of carbonyl (C=O) groups is 1. The highest BCUT2D eigenvalue weighted by Crippen LogP contribution is 2.24. The van der Waals surface area contributed by atoms with Crippen molar-refractivity contribution in [2.24, 2.45) is 0 Å². The predicted octanol–water partition coefficient (Wildman–Crippen LogP) is 1.85. The van der Waals surface area contributed by atoms with E-state index < -0.39 is 11.5 Å². The predicted molar refractivity (Wildman–Crippen MR) is 75.4 cm³/mol. The lowest BCUT2D eigenvalue weighted by atomic mass is 10.2. The van der Waals surface area contributed by atoms with Crippen LogP contribution in [0.5, 0.6) is 11.5 Å². The average molecular weight is 282 g/mol.